The number of esters is 1. The molecule has 148 valence electrons. The third-order valence-corrected chi connectivity index (χ3v) is 3.97. The molecule has 1 aromatic carbocycles. The summed E-state index contributed by atoms with van der Waals surface area (Å²) in [4.78, 5) is 61.0. The lowest BCUT2D eigenvalue weighted by Crippen LogP contribution is -2.46. The summed E-state index contributed by atoms with van der Waals surface area (Å²) in [6, 6.07) is 3.20. The Kier molecular flexibility index (Phi) is 6.64. The maximum absolute atomic E-state index is 12.3. The normalized spacial score (nSPS) is 13.6. The molecule has 0 saturated heterocycles. The topological polar surface area (TPSA) is 122 Å². The molecule has 0 unspecified atom stereocenters. The Morgan fingerprint density at radius 1 is 1.21 bits per heavy atom. The van der Waals surface area contributed by atoms with Gasteiger partial charge in [-0.25, -0.2) is 4.79 Å². The zero-order chi connectivity index (χ0) is 20.8. The number of ether oxygens (including phenoxy) is 1. The van der Waals surface area contributed by atoms with Crippen LogP contribution in [0.4, 0.5) is 0 Å². The summed E-state index contributed by atoms with van der Waals surface area (Å²) in [7, 11) is 0. The number of fused-ring (bicyclic) bond motifs is 1. The predicted octanol–water partition coefficient (Wildman–Crippen LogP) is 0.266. The van der Waals surface area contributed by atoms with Crippen LogP contribution in [-0.2, 0) is 14.3 Å². The van der Waals surface area contributed by atoms with Crippen LogP contribution < -0.4 is 10.6 Å². The Hall–Kier alpha value is -3.49. The minimum absolute atomic E-state index is 0.0323. The summed E-state index contributed by atoms with van der Waals surface area (Å²) in [6.45, 7) is 6.66. The number of benzene rings is 1. The second-order valence-electron chi connectivity index (χ2n) is 6.03. The van der Waals surface area contributed by atoms with Gasteiger partial charge in [-0.15, -0.1) is 6.58 Å². The molecule has 1 heterocycles. The van der Waals surface area contributed by atoms with Gasteiger partial charge in [0.05, 0.1) is 16.7 Å². The largest absolute Gasteiger partial charge is 0.452 e. The SMILES string of the molecule is C=CCN1C(=O)c2ccc(C(=O)OCC(=O)N[C@@H](C)C(=O)NCC)cc2C1=O. The third kappa shape index (κ3) is 4.43. The molecule has 0 aromatic heterocycles. The molecule has 28 heavy (non-hydrogen) atoms. The molecular formula is C19H21N3O6. The van der Waals surface area contributed by atoms with E-state index in [0.717, 1.165) is 4.90 Å². The highest BCUT2D eigenvalue weighted by atomic mass is 16.5. The molecule has 0 saturated carbocycles. The molecule has 2 N–H and O–H groups in total. The molecule has 0 aliphatic carbocycles. The smallest absolute Gasteiger partial charge is 0.338 e. The Morgan fingerprint density at radius 3 is 2.54 bits per heavy atom. The van der Waals surface area contributed by atoms with E-state index in [1.54, 1.807) is 6.92 Å². The van der Waals surface area contributed by atoms with Gasteiger partial charge in [0.1, 0.15) is 6.04 Å². The number of rotatable bonds is 8. The molecule has 0 spiro atoms. The van der Waals surface area contributed by atoms with Crippen molar-refractivity contribution in [2.24, 2.45) is 0 Å². The molecule has 1 aromatic rings. The number of hydrogen-bond donors (Lipinski definition) is 2. The number of hydrogen-bond acceptors (Lipinski definition) is 6. The van der Waals surface area contributed by atoms with Crippen molar-refractivity contribution in [3.8, 4) is 0 Å². The van der Waals surface area contributed by atoms with Gasteiger partial charge in [0.2, 0.25) is 5.91 Å². The van der Waals surface area contributed by atoms with E-state index in [1.807, 2.05) is 0 Å². The van der Waals surface area contributed by atoms with E-state index < -0.39 is 36.3 Å². The number of amides is 4. The number of likely N-dealkylation sites (N-methyl/N-ethyl adjacent to an activating group) is 1. The number of carbonyl (C=O) groups excluding carboxylic acids is 5. The average molecular weight is 387 g/mol. The van der Waals surface area contributed by atoms with E-state index in [1.165, 1.54) is 31.2 Å². The summed E-state index contributed by atoms with van der Waals surface area (Å²) < 4.78 is 4.92. The van der Waals surface area contributed by atoms with Crippen molar-refractivity contribution in [3.05, 3.63) is 47.5 Å². The van der Waals surface area contributed by atoms with E-state index in [0.29, 0.717) is 6.54 Å². The first-order valence-electron chi connectivity index (χ1n) is 8.65. The molecule has 2 rings (SSSR count). The van der Waals surface area contributed by atoms with Crippen molar-refractivity contribution in [3.63, 3.8) is 0 Å². The predicted molar refractivity (Wildman–Crippen MR) is 98.6 cm³/mol. The summed E-state index contributed by atoms with van der Waals surface area (Å²) in [5.74, 6) is -2.81. The van der Waals surface area contributed by atoms with Gasteiger partial charge in [0.25, 0.3) is 17.7 Å². The van der Waals surface area contributed by atoms with Crippen LogP contribution >= 0.6 is 0 Å². The van der Waals surface area contributed by atoms with E-state index in [-0.39, 0.29) is 29.1 Å². The van der Waals surface area contributed by atoms with Crippen LogP contribution in [0.1, 0.15) is 44.9 Å². The lowest BCUT2D eigenvalue weighted by molar-refractivity contribution is -0.130. The first kappa shape index (κ1) is 20.8. The summed E-state index contributed by atoms with van der Waals surface area (Å²) >= 11 is 0. The van der Waals surface area contributed by atoms with Crippen LogP contribution in [0.3, 0.4) is 0 Å². The summed E-state index contributed by atoms with van der Waals surface area (Å²) in [6.07, 6.45) is 1.43. The third-order valence-electron chi connectivity index (χ3n) is 3.97. The van der Waals surface area contributed by atoms with Gasteiger partial charge in [-0.2, -0.15) is 0 Å². The highest BCUT2D eigenvalue weighted by Gasteiger charge is 2.35. The fourth-order valence-electron chi connectivity index (χ4n) is 2.60. The van der Waals surface area contributed by atoms with Gasteiger partial charge in [0, 0.05) is 13.1 Å². The molecule has 0 fully saturated rings. The van der Waals surface area contributed by atoms with Crippen LogP contribution in [0.25, 0.3) is 0 Å². The van der Waals surface area contributed by atoms with Crippen LogP contribution in [0, 0.1) is 0 Å². The van der Waals surface area contributed by atoms with Crippen LogP contribution in [0.2, 0.25) is 0 Å². The zero-order valence-corrected chi connectivity index (χ0v) is 15.6. The maximum Gasteiger partial charge on any atom is 0.338 e. The van der Waals surface area contributed by atoms with Crippen LogP contribution in [-0.4, -0.2) is 60.2 Å². The number of nitrogens with zero attached hydrogens (tertiary/aromatic N) is 1. The van der Waals surface area contributed by atoms with Gasteiger partial charge < -0.3 is 15.4 Å². The average Bonchev–Trinajstić information content (AvgIpc) is 2.91. The first-order chi connectivity index (χ1) is 13.3. The molecule has 9 heteroatoms. The standard InChI is InChI=1S/C19H21N3O6/c1-4-8-22-17(25)13-7-6-12(9-14(13)18(22)26)19(27)28-10-15(23)21-11(3)16(24)20-5-2/h4,6-7,9,11H,1,5,8,10H2,2-3H3,(H,20,24)(H,21,23)/t11-/m0/s1. The Morgan fingerprint density at radius 2 is 1.89 bits per heavy atom. The minimum atomic E-state index is -0.828. The Balaban J connectivity index is 1.99. The van der Waals surface area contributed by atoms with Gasteiger partial charge in [-0.3, -0.25) is 24.1 Å². The van der Waals surface area contributed by atoms with Gasteiger partial charge >= 0.3 is 5.97 Å². The fraction of sp³-hybridized carbons (Fsp3) is 0.316. The minimum Gasteiger partial charge on any atom is -0.452 e. The second kappa shape index (κ2) is 8.94. The van der Waals surface area contributed by atoms with Crippen molar-refractivity contribution < 1.29 is 28.7 Å². The maximum atomic E-state index is 12.3. The van der Waals surface area contributed by atoms with E-state index in [2.05, 4.69) is 17.2 Å². The molecule has 4 amide bonds. The van der Waals surface area contributed by atoms with Crippen molar-refractivity contribution in [2.75, 3.05) is 19.7 Å². The van der Waals surface area contributed by atoms with Crippen LogP contribution in [0.15, 0.2) is 30.9 Å². The molecule has 9 nitrogen and oxygen atoms in total. The lowest BCUT2D eigenvalue weighted by atomic mass is 10.1. The highest BCUT2D eigenvalue weighted by molar-refractivity contribution is 6.22. The number of carbonyl (C=O) groups is 5. The van der Waals surface area contributed by atoms with Crippen molar-refractivity contribution in [1.82, 2.24) is 15.5 Å². The number of nitrogens with one attached hydrogen (secondary N) is 2. The zero-order valence-electron chi connectivity index (χ0n) is 15.6. The Bertz CT molecular complexity index is 848. The monoisotopic (exact) mass is 387 g/mol. The van der Waals surface area contributed by atoms with Gasteiger partial charge in [0.15, 0.2) is 6.61 Å². The van der Waals surface area contributed by atoms with E-state index >= 15 is 0 Å². The summed E-state index contributed by atoms with van der Waals surface area (Å²) in [5, 5.41) is 4.96. The van der Waals surface area contributed by atoms with Crippen molar-refractivity contribution in [2.45, 2.75) is 19.9 Å². The van der Waals surface area contributed by atoms with Crippen LogP contribution in [0.5, 0.6) is 0 Å². The molecular weight excluding hydrogens is 366 g/mol. The highest BCUT2D eigenvalue weighted by Crippen LogP contribution is 2.24. The number of imide groups is 1. The molecule has 0 radical (unpaired) electrons. The molecule has 0 bridgehead atoms. The van der Waals surface area contributed by atoms with E-state index in [9.17, 15) is 24.0 Å². The van der Waals surface area contributed by atoms with Gasteiger partial charge in [-0.05, 0) is 32.0 Å². The Labute approximate surface area is 161 Å². The quantitative estimate of drug-likeness (QED) is 0.375. The molecule has 1 aliphatic rings. The second-order valence-corrected chi connectivity index (χ2v) is 6.03. The van der Waals surface area contributed by atoms with Gasteiger partial charge in [-0.1, -0.05) is 6.08 Å². The molecule has 1 aliphatic heterocycles. The lowest BCUT2D eigenvalue weighted by Gasteiger charge is -2.13. The summed E-state index contributed by atoms with van der Waals surface area (Å²) in [5.41, 5.74) is 0.317. The van der Waals surface area contributed by atoms with Crippen molar-refractivity contribution >= 4 is 29.6 Å². The van der Waals surface area contributed by atoms with E-state index in [4.69, 9.17) is 4.74 Å². The fourth-order valence-corrected chi connectivity index (χ4v) is 2.60. The molecule has 1 atom stereocenters. The first-order valence-corrected chi connectivity index (χ1v) is 8.65. The van der Waals surface area contributed by atoms with Crippen molar-refractivity contribution in [1.29, 1.82) is 0 Å².